The van der Waals surface area contributed by atoms with Crippen LogP contribution in [0, 0.1) is 0 Å². The molecule has 1 aromatic heterocycles. The Balaban J connectivity index is 1.29. The molecule has 144 valence electrons. The molecule has 1 amide bonds. The number of anilines is 1. The maximum Gasteiger partial charge on any atom is 0.261 e. The molecule has 3 aromatic rings. The number of hydrogen-bond donors (Lipinski definition) is 0. The highest BCUT2D eigenvalue weighted by Gasteiger charge is 2.20. The predicted octanol–water partition coefficient (Wildman–Crippen LogP) is 2.53. The number of rotatable bonds is 5. The van der Waals surface area contributed by atoms with Gasteiger partial charge < -0.3 is 9.80 Å². The molecule has 1 saturated heterocycles. The third-order valence-corrected chi connectivity index (χ3v) is 5.27. The smallest absolute Gasteiger partial charge is 0.261 e. The number of hydrogen-bond acceptors (Lipinski definition) is 4. The van der Waals surface area contributed by atoms with Crippen molar-refractivity contribution in [1.29, 1.82) is 0 Å². The summed E-state index contributed by atoms with van der Waals surface area (Å²) in [6.07, 6.45) is 2.66. The molecule has 0 bridgehead atoms. The molecular formula is C22H24N4O2. The molecular weight excluding hydrogens is 352 g/mol. The maximum absolute atomic E-state index is 12.5. The van der Waals surface area contributed by atoms with E-state index in [9.17, 15) is 9.59 Å². The zero-order valence-corrected chi connectivity index (χ0v) is 15.8. The van der Waals surface area contributed by atoms with Crippen LogP contribution in [0.15, 0.2) is 65.7 Å². The molecule has 4 rings (SSSR count). The molecule has 0 N–H and O–H groups in total. The monoisotopic (exact) mass is 376 g/mol. The summed E-state index contributed by atoms with van der Waals surface area (Å²) in [6.45, 7) is 3.69. The van der Waals surface area contributed by atoms with Gasteiger partial charge in [0.05, 0.1) is 17.2 Å². The number of carbonyl (C=O) groups is 1. The number of amides is 1. The molecule has 2 aromatic carbocycles. The largest absolute Gasteiger partial charge is 0.368 e. The Kier molecular flexibility index (Phi) is 5.37. The number of aromatic nitrogens is 2. The Labute approximate surface area is 164 Å². The van der Waals surface area contributed by atoms with E-state index in [1.54, 1.807) is 17.0 Å². The fourth-order valence-electron chi connectivity index (χ4n) is 3.68. The molecule has 0 atom stereocenters. The van der Waals surface area contributed by atoms with Crippen molar-refractivity contribution in [3.05, 3.63) is 71.3 Å². The Hall–Kier alpha value is -3.15. The molecule has 1 aliphatic rings. The molecule has 0 radical (unpaired) electrons. The average Bonchev–Trinajstić information content (AvgIpc) is 2.76. The lowest BCUT2D eigenvalue weighted by Crippen LogP contribution is -2.48. The van der Waals surface area contributed by atoms with E-state index in [0.717, 1.165) is 26.2 Å². The van der Waals surface area contributed by atoms with Crippen molar-refractivity contribution in [2.75, 3.05) is 31.1 Å². The van der Waals surface area contributed by atoms with Crippen LogP contribution in [-0.2, 0) is 11.3 Å². The van der Waals surface area contributed by atoms with Crippen molar-refractivity contribution in [2.24, 2.45) is 0 Å². The highest BCUT2D eigenvalue weighted by molar-refractivity contribution is 5.77. The first-order valence-corrected chi connectivity index (χ1v) is 9.74. The van der Waals surface area contributed by atoms with Crippen molar-refractivity contribution in [3.8, 4) is 0 Å². The Morgan fingerprint density at radius 1 is 0.929 bits per heavy atom. The molecule has 6 nitrogen and oxygen atoms in total. The topological polar surface area (TPSA) is 58.4 Å². The van der Waals surface area contributed by atoms with Gasteiger partial charge in [0.15, 0.2) is 0 Å². The van der Waals surface area contributed by atoms with E-state index in [4.69, 9.17) is 0 Å². The molecule has 0 aliphatic carbocycles. The average molecular weight is 376 g/mol. The first kappa shape index (κ1) is 18.2. The van der Waals surface area contributed by atoms with E-state index in [2.05, 4.69) is 22.0 Å². The number of para-hydroxylation sites is 2. The van der Waals surface area contributed by atoms with Gasteiger partial charge in [-0.15, -0.1) is 0 Å². The van der Waals surface area contributed by atoms with Crippen LogP contribution in [0.3, 0.4) is 0 Å². The van der Waals surface area contributed by atoms with Crippen molar-refractivity contribution in [3.63, 3.8) is 0 Å². The predicted molar refractivity (Wildman–Crippen MR) is 110 cm³/mol. The quantitative estimate of drug-likeness (QED) is 0.687. The zero-order valence-electron chi connectivity index (χ0n) is 15.8. The number of piperazine rings is 1. The highest BCUT2D eigenvalue weighted by Crippen LogP contribution is 2.16. The van der Waals surface area contributed by atoms with Gasteiger partial charge in [0.1, 0.15) is 0 Å². The molecule has 0 unspecified atom stereocenters. The first-order valence-electron chi connectivity index (χ1n) is 9.74. The van der Waals surface area contributed by atoms with Crippen LogP contribution >= 0.6 is 0 Å². The fraction of sp³-hybridized carbons (Fsp3) is 0.318. The van der Waals surface area contributed by atoms with Gasteiger partial charge in [-0.05, 0) is 30.7 Å². The van der Waals surface area contributed by atoms with E-state index < -0.39 is 0 Å². The maximum atomic E-state index is 12.5. The zero-order chi connectivity index (χ0) is 19.3. The van der Waals surface area contributed by atoms with Crippen molar-refractivity contribution < 1.29 is 4.79 Å². The molecule has 1 aliphatic heterocycles. The van der Waals surface area contributed by atoms with Crippen LogP contribution in [0.1, 0.15) is 12.8 Å². The summed E-state index contributed by atoms with van der Waals surface area (Å²) in [5, 5.41) is 0.619. The highest BCUT2D eigenvalue weighted by atomic mass is 16.2. The summed E-state index contributed by atoms with van der Waals surface area (Å²) in [4.78, 5) is 33.6. The SMILES string of the molecule is O=C(CCCn1cnc2ccccc2c1=O)N1CCN(c2ccccc2)CC1. The Morgan fingerprint density at radius 2 is 1.64 bits per heavy atom. The first-order chi connectivity index (χ1) is 13.7. The van der Waals surface area contributed by atoms with Crippen LogP contribution in [0.4, 0.5) is 5.69 Å². The number of aryl methyl sites for hydroxylation is 1. The summed E-state index contributed by atoms with van der Waals surface area (Å²) >= 11 is 0. The van der Waals surface area contributed by atoms with Gasteiger partial charge >= 0.3 is 0 Å². The van der Waals surface area contributed by atoms with Gasteiger partial charge in [-0.2, -0.15) is 0 Å². The number of carbonyl (C=O) groups excluding carboxylic acids is 1. The van der Waals surface area contributed by atoms with E-state index in [-0.39, 0.29) is 11.5 Å². The molecule has 1 fully saturated rings. The van der Waals surface area contributed by atoms with E-state index in [1.165, 1.54) is 5.69 Å². The summed E-state index contributed by atoms with van der Waals surface area (Å²) in [5.74, 6) is 0.162. The minimum absolute atomic E-state index is 0.0467. The molecule has 28 heavy (non-hydrogen) atoms. The van der Waals surface area contributed by atoms with Crippen molar-refractivity contribution >= 4 is 22.5 Å². The number of fused-ring (bicyclic) bond motifs is 1. The van der Waals surface area contributed by atoms with E-state index in [0.29, 0.717) is 30.3 Å². The Morgan fingerprint density at radius 3 is 2.43 bits per heavy atom. The minimum atomic E-state index is -0.0467. The summed E-state index contributed by atoms with van der Waals surface area (Å²) in [6, 6.07) is 17.6. The lowest BCUT2D eigenvalue weighted by Gasteiger charge is -2.36. The third kappa shape index (κ3) is 3.91. The Bertz CT molecular complexity index is 1010. The second-order valence-electron chi connectivity index (χ2n) is 7.07. The molecule has 0 saturated carbocycles. The summed E-state index contributed by atoms with van der Waals surface area (Å²) in [7, 11) is 0. The van der Waals surface area contributed by atoms with Crippen LogP contribution in [0.2, 0.25) is 0 Å². The van der Waals surface area contributed by atoms with E-state index >= 15 is 0 Å². The fourth-order valence-corrected chi connectivity index (χ4v) is 3.68. The van der Waals surface area contributed by atoms with Crippen LogP contribution in [0.25, 0.3) is 10.9 Å². The standard InChI is InChI=1S/C22H24N4O2/c27-21(25-15-13-24(14-16-25)18-7-2-1-3-8-18)11-6-12-26-17-23-20-10-5-4-9-19(20)22(26)28/h1-5,7-10,17H,6,11-16H2. The van der Waals surface area contributed by atoms with Crippen LogP contribution in [0.5, 0.6) is 0 Å². The number of nitrogens with zero attached hydrogens (tertiary/aromatic N) is 4. The minimum Gasteiger partial charge on any atom is -0.368 e. The van der Waals surface area contributed by atoms with Gasteiger partial charge in [0.2, 0.25) is 5.91 Å². The molecule has 6 heteroatoms. The summed E-state index contributed by atoms with van der Waals surface area (Å²) < 4.78 is 1.60. The van der Waals surface area contributed by atoms with Gasteiger partial charge in [-0.1, -0.05) is 30.3 Å². The normalized spacial score (nSPS) is 14.4. The second-order valence-corrected chi connectivity index (χ2v) is 7.07. The van der Waals surface area contributed by atoms with Crippen molar-refractivity contribution in [1.82, 2.24) is 14.5 Å². The second kappa shape index (κ2) is 8.25. The van der Waals surface area contributed by atoms with Gasteiger partial charge in [0, 0.05) is 44.8 Å². The molecule has 0 spiro atoms. The molecule has 2 heterocycles. The summed E-state index contributed by atoms with van der Waals surface area (Å²) in [5.41, 5.74) is 1.86. The van der Waals surface area contributed by atoms with Gasteiger partial charge in [-0.3, -0.25) is 14.2 Å². The van der Waals surface area contributed by atoms with Gasteiger partial charge in [-0.25, -0.2) is 4.98 Å². The van der Waals surface area contributed by atoms with Crippen LogP contribution < -0.4 is 10.5 Å². The third-order valence-electron chi connectivity index (χ3n) is 5.27. The van der Waals surface area contributed by atoms with E-state index in [1.807, 2.05) is 41.3 Å². The lowest BCUT2D eigenvalue weighted by atomic mass is 10.2. The lowest BCUT2D eigenvalue weighted by molar-refractivity contribution is -0.131. The van der Waals surface area contributed by atoms with Crippen molar-refractivity contribution in [2.45, 2.75) is 19.4 Å². The van der Waals surface area contributed by atoms with Crippen LogP contribution in [-0.4, -0.2) is 46.5 Å². The number of benzene rings is 2. The van der Waals surface area contributed by atoms with Gasteiger partial charge in [0.25, 0.3) is 5.56 Å².